The van der Waals surface area contributed by atoms with Gasteiger partial charge in [-0.3, -0.25) is 4.79 Å². The van der Waals surface area contributed by atoms with Crippen molar-refractivity contribution in [3.05, 3.63) is 47.0 Å². The minimum Gasteiger partial charge on any atom is -0.397 e. The Kier molecular flexibility index (Phi) is 3.50. The normalized spacial score (nSPS) is 11.2. The summed E-state index contributed by atoms with van der Waals surface area (Å²) >= 11 is 0.928. The summed E-state index contributed by atoms with van der Waals surface area (Å²) in [5.74, 6) is -0.696. The van der Waals surface area contributed by atoms with Crippen LogP contribution in [0.3, 0.4) is 0 Å². The van der Waals surface area contributed by atoms with Gasteiger partial charge < -0.3 is 11.5 Å². The Hall–Kier alpha value is -2.54. The maximum Gasteiger partial charge on any atom is 0.280 e. The second-order valence-electron chi connectivity index (χ2n) is 4.65. The van der Waals surface area contributed by atoms with Gasteiger partial charge in [-0.1, -0.05) is 30.3 Å². The summed E-state index contributed by atoms with van der Waals surface area (Å²) in [6.07, 6.45) is -2.72. The Morgan fingerprint density at radius 2 is 1.91 bits per heavy atom. The Morgan fingerprint density at radius 1 is 1.23 bits per heavy atom. The van der Waals surface area contributed by atoms with Crippen molar-refractivity contribution >= 4 is 33.1 Å². The van der Waals surface area contributed by atoms with Crippen LogP contribution in [0.15, 0.2) is 36.4 Å². The Bertz CT molecular complexity index is 862. The third-order valence-corrected chi connectivity index (χ3v) is 4.36. The molecule has 112 valence electrons. The monoisotopic (exact) mass is 319 g/mol. The van der Waals surface area contributed by atoms with E-state index < -0.39 is 12.3 Å². The van der Waals surface area contributed by atoms with Crippen LogP contribution >= 0.6 is 11.3 Å². The van der Waals surface area contributed by atoms with Crippen LogP contribution in [0.1, 0.15) is 21.8 Å². The lowest BCUT2D eigenvalue weighted by molar-refractivity contribution is 0.100. The van der Waals surface area contributed by atoms with E-state index in [0.717, 1.165) is 16.9 Å². The third kappa shape index (κ3) is 2.29. The molecule has 0 bridgehead atoms. The largest absolute Gasteiger partial charge is 0.397 e. The number of primary amides is 1. The van der Waals surface area contributed by atoms with Gasteiger partial charge in [0.05, 0.1) is 5.69 Å². The van der Waals surface area contributed by atoms with Crippen molar-refractivity contribution in [2.45, 2.75) is 6.43 Å². The molecule has 0 radical (unpaired) electrons. The van der Waals surface area contributed by atoms with Crippen LogP contribution in [-0.4, -0.2) is 10.9 Å². The van der Waals surface area contributed by atoms with Gasteiger partial charge in [-0.25, -0.2) is 13.8 Å². The van der Waals surface area contributed by atoms with Crippen LogP contribution in [0.4, 0.5) is 14.5 Å². The molecule has 7 heteroatoms. The van der Waals surface area contributed by atoms with Gasteiger partial charge in [-0.15, -0.1) is 11.3 Å². The average Bonchev–Trinajstić information content (AvgIpc) is 2.84. The summed E-state index contributed by atoms with van der Waals surface area (Å²) in [7, 11) is 0. The van der Waals surface area contributed by atoms with E-state index in [2.05, 4.69) is 4.98 Å². The number of fused-ring (bicyclic) bond motifs is 1. The molecule has 0 spiro atoms. The summed E-state index contributed by atoms with van der Waals surface area (Å²) in [6, 6.07) is 10.3. The number of aromatic nitrogens is 1. The summed E-state index contributed by atoms with van der Waals surface area (Å²) in [4.78, 5) is 15.8. The van der Waals surface area contributed by atoms with E-state index in [0.29, 0.717) is 10.9 Å². The lowest BCUT2D eigenvalue weighted by Crippen LogP contribution is -2.10. The van der Waals surface area contributed by atoms with E-state index in [1.54, 1.807) is 24.3 Å². The number of amides is 1. The van der Waals surface area contributed by atoms with Gasteiger partial charge in [-0.05, 0) is 17.2 Å². The zero-order valence-electron chi connectivity index (χ0n) is 11.2. The maximum atomic E-state index is 13.1. The SMILES string of the molecule is NC(=O)c1sc2nc(C(F)F)cc(-c3ccccc3)c2c1N. The van der Waals surface area contributed by atoms with Crippen LogP contribution in [0.25, 0.3) is 21.3 Å². The Morgan fingerprint density at radius 3 is 2.50 bits per heavy atom. The number of thiophene rings is 1. The Labute approximate surface area is 128 Å². The third-order valence-electron chi connectivity index (χ3n) is 3.25. The van der Waals surface area contributed by atoms with Crippen molar-refractivity contribution < 1.29 is 13.6 Å². The molecule has 1 aromatic carbocycles. The molecule has 1 amide bonds. The quantitative estimate of drug-likeness (QED) is 0.774. The second kappa shape index (κ2) is 5.34. The molecule has 0 saturated carbocycles. The number of anilines is 1. The predicted octanol–water partition coefficient (Wildman–Crippen LogP) is 3.58. The number of alkyl halides is 2. The van der Waals surface area contributed by atoms with E-state index in [1.165, 1.54) is 6.07 Å². The predicted molar refractivity (Wildman–Crippen MR) is 82.9 cm³/mol. The molecule has 3 aromatic rings. The summed E-state index contributed by atoms with van der Waals surface area (Å²) in [6.45, 7) is 0. The zero-order chi connectivity index (χ0) is 15.9. The van der Waals surface area contributed by atoms with Gasteiger partial charge in [0.25, 0.3) is 12.3 Å². The molecule has 4 N–H and O–H groups in total. The van der Waals surface area contributed by atoms with Gasteiger partial charge >= 0.3 is 0 Å². The summed E-state index contributed by atoms with van der Waals surface area (Å²) in [5, 5.41) is 0.481. The number of rotatable bonds is 3. The molecule has 2 heterocycles. The van der Waals surface area contributed by atoms with Crippen molar-refractivity contribution in [2.75, 3.05) is 5.73 Å². The first-order valence-corrected chi connectivity index (χ1v) is 7.17. The fourth-order valence-corrected chi connectivity index (χ4v) is 3.26. The van der Waals surface area contributed by atoms with Gasteiger partial charge in [-0.2, -0.15) is 0 Å². The smallest absolute Gasteiger partial charge is 0.280 e. The van der Waals surface area contributed by atoms with Crippen molar-refractivity contribution in [1.29, 1.82) is 0 Å². The van der Waals surface area contributed by atoms with Crippen LogP contribution in [0, 0.1) is 0 Å². The number of pyridine rings is 1. The molecule has 0 fully saturated rings. The van der Waals surface area contributed by atoms with Crippen LogP contribution in [0.5, 0.6) is 0 Å². The van der Waals surface area contributed by atoms with Crippen molar-refractivity contribution in [1.82, 2.24) is 4.98 Å². The molecule has 0 aliphatic heterocycles. The molecular weight excluding hydrogens is 308 g/mol. The minimum absolute atomic E-state index is 0.131. The van der Waals surface area contributed by atoms with Crippen LogP contribution in [-0.2, 0) is 0 Å². The van der Waals surface area contributed by atoms with E-state index >= 15 is 0 Å². The standard InChI is InChI=1S/C15H11F2N3OS/c16-13(17)9-6-8(7-4-2-1-3-5-7)10-11(18)12(14(19)21)22-15(10)20-9/h1-6,13H,18H2,(H2,19,21). The number of hydrogen-bond donors (Lipinski definition) is 2. The topological polar surface area (TPSA) is 82.0 Å². The van der Waals surface area contributed by atoms with Gasteiger partial charge in [0.1, 0.15) is 15.4 Å². The fraction of sp³-hybridized carbons (Fsp3) is 0.0667. The molecule has 2 aromatic heterocycles. The highest BCUT2D eigenvalue weighted by Crippen LogP contribution is 2.40. The molecule has 0 aliphatic carbocycles. The lowest BCUT2D eigenvalue weighted by Gasteiger charge is -2.08. The molecule has 0 aliphatic rings. The highest BCUT2D eigenvalue weighted by Gasteiger charge is 2.21. The highest BCUT2D eigenvalue weighted by molar-refractivity contribution is 7.21. The molecule has 4 nitrogen and oxygen atoms in total. The molecule has 0 unspecified atom stereocenters. The number of hydrogen-bond acceptors (Lipinski definition) is 4. The number of benzene rings is 1. The number of carbonyl (C=O) groups is 1. The van der Waals surface area contributed by atoms with Gasteiger partial charge in [0, 0.05) is 5.39 Å². The average molecular weight is 319 g/mol. The van der Waals surface area contributed by atoms with Gasteiger partial charge in [0.2, 0.25) is 0 Å². The number of carbonyl (C=O) groups excluding carboxylic acids is 1. The van der Waals surface area contributed by atoms with Crippen molar-refractivity contribution in [2.24, 2.45) is 5.73 Å². The van der Waals surface area contributed by atoms with Crippen molar-refractivity contribution in [3.8, 4) is 11.1 Å². The lowest BCUT2D eigenvalue weighted by atomic mass is 10.0. The zero-order valence-corrected chi connectivity index (χ0v) is 12.0. The first-order chi connectivity index (χ1) is 10.5. The van der Waals surface area contributed by atoms with E-state index in [-0.39, 0.29) is 21.1 Å². The van der Waals surface area contributed by atoms with E-state index in [9.17, 15) is 13.6 Å². The van der Waals surface area contributed by atoms with E-state index in [1.807, 2.05) is 6.07 Å². The van der Waals surface area contributed by atoms with Gasteiger partial charge in [0.15, 0.2) is 0 Å². The fourth-order valence-electron chi connectivity index (χ4n) is 2.28. The molecular formula is C15H11F2N3OS. The van der Waals surface area contributed by atoms with E-state index in [4.69, 9.17) is 11.5 Å². The van der Waals surface area contributed by atoms with Crippen LogP contribution in [0.2, 0.25) is 0 Å². The summed E-state index contributed by atoms with van der Waals surface area (Å²) < 4.78 is 26.2. The Balaban J connectivity index is 2.39. The highest BCUT2D eigenvalue weighted by atomic mass is 32.1. The van der Waals surface area contributed by atoms with Crippen molar-refractivity contribution in [3.63, 3.8) is 0 Å². The first-order valence-electron chi connectivity index (χ1n) is 6.35. The number of nitrogens with zero attached hydrogens (tertiary/aromatic N) is 1. The molecule has 0 saturated heterocycles. The number of nitrogen functional groups attached to an aromatic ring is 1. The molecule has 22 heavy (non-hydrogen) atoms. The number of nitrogens with two attached hydrogens (primary N) is 2. The van der Waals surface area contributed by atoms with Crippen LogP contribution < -0.4 is 11.5 Å². The first kappa shape index (κ1) is 14.4. The summed E-state index contributed by atoms with van der Waals surface area (Å²) in [5.41, 5.74) is 12.3. The number of halogens is 2. The maximum absolute atomic E-state index is 13.1. The molecule has 0 atom stereocenters. The minimum atomic E-state index is -2.72. The second-order valence-corrected chi connectivity index (χ2v) is 5.65. The molecule has 3 rings (SSSR count).